The third kappa shape index (κ3) is 3.68. The summed E-state index contributed by atoms with van der Waals surface area (Å²) in [6.45, 7) is -0.826. The maximum Gasteiger partial charge on any atom is 0.472 e. The predicted octanol–water partition coefficient (Wildman–Crippen LogP) is -3.74. The Morgan fingerprint density at radius 2 is 1.72 bits per heavy atom. The Balaban J connectivity index is 2.84. The predicted molar refractivity (Wildman–Crippen MR) is 52.9 cm³/mol. The first-order valence-electron chi connectivity index (χ1n) is 4.90. The number of aliphatic hydroxyl groups is 5. The molecule has 0 aliphatic carbocycles. The van der Waals surface area contributed by atoms with E-state index in [4.69, 9.17) is 19.6 Å². The van der Waals surface area contributed by atoms with Crippen molar-refractivity contribution in [3.05, 3.63) is 0 Å². The van der Waals surface area contributed by atoms with Crippen LogP contribution in [0.25, 0.3) is 0 Å². The number of hydrogen-bond acceptors (Lipinski definition) is 8. The van der Waals surface area contributed by atoms with Gasteiger partial charge in [0.2, 0.25) is 0 Å². The van der Waals surface area contributed by atoms with Gasteiger partial charge in [-0.25, -0.2) is 4.57 Å². The highest BCUT2D eigenvalue weighted by molar-refractivity contribution is 7.46. The Labute approximate surface area is 101 Å². The van der Waals surface area contributed by atoms with Crippen molar-refractivity contribution in [2.24, 2.45) is 0 Å². The quantitative estimate of drug-likeness (QED) is 0.254. The van der Waals surface area contributed by atoms with Crippen LogP contribution in [-0.2, 0) is 13.8 Å². The number of hydrogen-bond donors (Lipinski definition) is 7. The Bertz CT molecular complexity index is 317. The highest BCUT2D eigenvalue weighted by Gasteiger charge is 2.48. The van der Waals surface area contributed by atoms with E-state index in [0.717, 1.165) is 0 Å². The fraction of sp³-hybridized carbons (Fsp3) is 1.00. The molecule has 0 bridgehead atoms. The van der Waals surface area contributed by atoms with Crippen LogP contribution in [0.2, 0.25) is 0 Å². The van der Waals surface area contributed by atoms with E-state index in [1.165, 1.54) is 0 Å². The third-order valence-electron chi connectivity index (χ3n) is 2.41. The Hall–Kier alpha value is -0.130. The van der Waals surface area contributed by atoms with Gasteiger partial charge in [0.1, 0.15) is 30.5 Å². The van der Waals surface area contributed by atoms with Crippen LogP contribution in [0.15, 0.2) is 0 Å². The molecule has 1 saturated heterocycles. The molecule has 0 unspecified atom stereocenters. The van der Waals surface area contributed by atoms with Crippen molar-refractivity contribution >= 4 is 7.82 Å². The molecule has 108 valence electrons. The van der Waals surface area contributed by atoms with Gasteiger partial charge in [-0.05, 0) is 0 Å². The van der Waals surface area contributed by atoms with Gasteiger partial charge >= 0.3 is 7.82 Å². The minimum absolute atomic E-state index is 0.826. The van der Waals surface area contributed by atoms with E-state index in [1.54, 1.807) is 0 Å². The van der Waals surface area contributed by atoms with Crippen LogP contribution >= 0.6 is 7.82 Å². The second-order valence-electron chi connectivity index (χ2n) is 3.79. The van der Waals surface area contributed by atoms with E-state index < -0.39 is 51.2 Å². The standard InChI is InChI=1S/C7H15O10P/c8-1-2(9)6-4(11)3(10)5(12)7(16-6)17-18(13,14)15/h2-12H,1H2,(H2,13,14,15)/t2-,3+,4+,5+,6-,7-/m1/s1. The van der Waals surface area contributed by atoms with Crippen LogP contribution in [0.5, 0.6) is 0 Å². The SMILES string of the molecule is O=P(O)(O)O[C@H]1O[C@H]([C@H](O)CO)[C@@H](O)[C@H](O)[C@@H]1O. The lowest BCUT2D eigenvalue weighted by molar-refractivity contribution is -0.293. The van der Waals surface area contributed by atoms with Crippen LogP contribution in [0, 0.1) is 0 Å². The molecule has 0 aromatic carbocycles. The first-order chi connectivity index (χ1) is 8.17. The summed E-state index contributed by atoms with van der Waals surface area (Å²) in [5, 5.41) is 46.3. The lowest BCUT2D eigenvalue weighted by Gasteiger charge is -2.41. The van der Waals surface area contributed by atoms with Crippen molar-refractivity contribution < 1.29 is 49.1 Å². The van der Waals surface area contributed by atoms with E-state index in [-0.39, 0.29) is 0 Å². The topological polar surface area (TPSA) is 177 Å². The number of aliphatic hydroxyl groups excluding tert-OH is 5. The average Bonchev–Trinajstić information content (AvgIpc) is 2.27. The zero-order chi connectivity index (χ0) is 14.1. The first kappa shape index (κ1) is 15.9. The van der Waals surface area contributed by atoms with E-state index in [0.29, 0.717) is 0 Å². The number of ether oxygens (including phenoxy) is 1. The molecule has 1 rings (SSSR count). The molecule has 10 nitrogen and oxygen atoms in total. The van der Waals surface area contributed by atoms with Crippen LogP contribution in [0.1, 0.15) is 0 Å². The molecular weight excluding hydrogens is 275 g/mol. The molecule has 0 aromatic heterocycles. The summed E-state index contributed by atoms with van der Waals surface area (Å²) in [6, 6.07) is 0. The molecule has 1 aliphatic rings. The van der Waals surface area contributed by atoms with E-state index in [1.807, 2.05) is 0 Å². The van der Waals surface area contributed by atoms with Crippen molar-refractivity contribution in [2.45, 2.75) is 36.8 Å². The minimum Gasteiger partial charge on any atom is -0.394 e. The van der Waals surface area contributed by atoms with Crippen molar-refractivity contribution in [1.29, 1.82) is 0 Å². The molecule has 0 aromatic rings. The van der Waals surface area contributed by atoms with Crippen LogP contribution in [0.4, 0.5) is 0 Å². The van der Waals surface area contributed by atoms with Gasteiger partial charge in [0.15, 0.2) is 6.29 Å². The monoisotopic (exact) mass is 290 g/mol. The lowest BCUT2D eigenvalue weighted by atomic mass is 9.96. The summed E-state index contributed by atoms with van der Waals surface area (Å²) in [4.78, 5) is 17.1. The zero-order valence-electron chi connectivity index (χ0n) is 8.97. The molecule has 7 N–H and O–H groups in total. The second kappa shape index (κ2) is 5.88. The van der Waals surface area contributed by atoms with Crippen molar-refractivity contribution in [2.75, 3.05) is 6.61 Å². The smallest absolute Gasteiger partial charge is 0.394 e. The summed E-state index contributed by atoms with van der Waals surface area (Å²) in [5.74, 6) is 0. The Morgan fingerprint density at radius 3 is 2.17 bits per heavy atom. The number of rotatable bonds is 4. The summed E-state index contributed by atoms with van der Waals surface area (Å²) in [5.41, 5.74) is 0. The molecule has 1 heterocycles. The second-order valence-corrected chi connectivity index (χ2v) is 4.98. The Kier molecular flexibility index (Phi) is 5.21. The molecule has 11 heteroatoms. The molecule has 6 atom stereocenters. The van der Waals surface area contributed by atoms with Crippen molar-refractivity contribution in [3.8, 4) is 0 Å². The molecule has 18 heavy (non-hydrogen) atoms. The average molecular weight is 290 g/mol. The number of phosphoric acid groups is 1. The van der Waals surface area contributed by atoms with E-state index in [9.17, 15) is 25.0 Å². The van der Waals surface area contributed by atoms with Gasteiger partial charge in [0.05, 0.1) is 6.61 Å². The van der Waals surface area contributed by atoms with Gasteiger partial charge in [-0.3, -0.25) is 4.52 Å². The highest BCUT2D eigenvalue weighted by Crippen LogP contribution is 2.40. The molecule has 0 saturated carbocycles. The minimum atomic E-state index is -5.00. The molecular formula is C7H15O10P. The normalized spacial score (nSPS) is 39.6. The maximum absolute atomic E-state index is 10.6. The molecule has 0 amide bonds. The van der Waals surface area contributed by atoms with Gasteiger partial charge in [-0.1, -0.05) is 0 Å². The van der Waals surface area contributed by atoms with Gasteiger partial charge in [-0.15, -0.1) is 0 Å². The molecule has 1 fully saturated rings. The zero-order valence-corrected chi connectivity index (χ0v) is 9.87. The van der Waals surface area contributed by atoms with Crippen LogP contribution < -0.4 is 0 Å². The fourth-order valence-electron chi connectivity index (χ4n) is 1.52. The van der Waals surface area contributed by atoms with Gasteiger partial charge in [0.25, 0.3) is 0 Å². The van der Waals surface area contributed by atoms with Crippen molar-refractivity contribution in [1.82, 2.24) is 0 Å². The molecule has 0 radical (unpaired) electrons. The lowest BCUT2D eigenvalue weighted by Crippen LogP contribution is -2.61. The third-order valence-corrected chi connectivity index (χ3v) is 2.90. The molecule has 1 aliphatic heterocycles. The maximum atomic E-state index is 10.6. The van der Waals surface area contributed by atoms with Gasteiger partial charge < -0.3 is 40.1 Å². The summed E-state index contributed by atoms with van der Waals surface area (Å²) < 4.78 is 19.4. The van der Waals surface area contributed by atoms with Crippen LogP contribution in [0.3, 0.4) is 0 Å². The van der Waals surface area contributed by atoms with Gasteiger partial charge in [-0.2, -0.15) is 0 Å². The van der Waals surface area contributed by atoms with E-state index >= 15 is 0 Å². The van der Waals surface area contributed by atoms with E-state index in [2.05, 4.69) is 4.52 Å². The molecule has 0 spiro atoms. The fourth-order valence-corrected chi connectivity index (χ4v) is 1.96. The first-order valence-corrected chi connectivity index (χ1v) is 6.43. The number of phosphoric ester groups is 1. The Morgan fingerprint density at radius 1 is 1.17 bits per heavy atom. The largest absolute Gasteiger partial charge is 0.472 e. The highest BCUT2D eigenvalue weighted by atomic mass is 31.2. The van der Waals surface area contributed by atoms with Crippen LogP contribution in [-0.4, -0.2) is 78.7 Å². The summed E-state index contributed by atoms with van der Waals surface area (Å²) in [7, 11) is -5.00. The van der Waals surface area contributed by atoms with Gasteiger partial charge in [0, 0.05) is 0 Å². The summed E-state index contributed by atoms with van der Waals surface area (Å²) in [6.07, 6.45) is -10.7. The summed E-state index contributed by atoms with van der Waals surface area (Å²) >= 11 is 0. The van der Waals surface area contributed by atoms with Crippen molar-refractivity contribution in [3.63, 3.8) is 0 Å².